The van der Waals surface area contributed by atoms with E-state index in [4.69, 9.17) is 9.72 Å². The van der Waals surface area contributed by atoms with E-state index >= 15 is 0 Å². The molecule has 3 aliphatic rings. The maximum atomic E-state index is 13.5. The van der Waals surface area contributed by atoms with Crippen LogP contribution in [-0.4, -0.2) is 67.6 Å². The van der Waals surface area contributed by atoms with Gasteiger partial charge >= 0.3 is 12.1 Å². The van der Waals surface area contributed by atoms with Crippen molar-refractivity contribution in [2.45, 2.75) is 64.0 Å². The number of amides is 2. The number of imidazole rings is 2. The highest BCUT2D eigenvalue weighted by molar-refractivity contribution is 5.86. The second-order valence-electron chi connectivity index (χ2n) is 13.8. The lowest BCUT2D eigenvalue weighted by atomic mass is 9.88. The van der Waals surface area contributed by atoms with Crippen molar-refractivity contribution < 1.29 is 24.2 Å². The van der Waals surface area contributed by atoms with Gasteiger partial charge in [0.25, 0.3) is 0 Å². The van der Waals surface area contributed by atoms with Crippen LogP contribution in [0, 0.1) is 23.7 Å². The highest BCUT2D eigenvalue weighted by atomic mass is 16.5. The van der Waals surface area contributed by atoms with Crippen molar-refractivity contribution in [3.05, 3.63) is 72.6 Å². The number of alkyl carbamates (subject to hydrolysis) is 1. The number of hydrogen-bond donors (Lipinski definition) is 4. The fraction of sp³-hybridized carbons (Fsp3) is 0.432. The molecule has 1 aliphatic heterocycles. The number of rotatable bonds is 9. The van der Waals surface area contributed by atoms with Gasteiger partial charge < -0.3 is 30.0 Å². The molecule has 2 aromatic carbocycles. The van der Waals surface area contributed by atoms with Gasteiger partial charge in [-0.05, 0) is 72.1 Å². The number of fused-ring (bicyclic) bond motifs is 2. The minimum Gasteiger partial charge on any atom is -0.481 e. The molecule has 4 aromatic rings. The Hall–Kier alpha value is -4.93. The number of carbonyl (C=O) groups is 3. The summed E-state index contributed by atoms with van der Waals surface area (Å²) in [5.41, 5.74) is 6.03. The number of carboxylic acids is 1. The third kappa shape index (κ3) is 5.86. The van der Waals surface area contributed by atoms with Gasteiger partial charge in [-0.3, -0.25) is 9.59 Å². The highest BCUT2D eigenvalue weighted by Gasteiger charge is 2.52. The van der Waals surface area contributed by atoms with Crippen LogP contribution in [-0.2, 0) is 14.3 Å². The molecule has 0 spiro atoms. The van der Waals surface area contributed by atoms with E-state index in [2.05, 4.69) is 68.8 Å². The maximum absolute atomic E-state index is 13.5. The van der Waals surface area contributed by atoms with Crippen molar-refractivity contribution in [1.29, 1.82) is 0 Å². The summed E-state index contributed by atoms with van der Waals surface area (Å²) in [6.07, 6.45) is 7.52. The number of nitrogens with zero attached hydrogens (tertiary/aromatic N) is 3. The van der Waals surface area contributed by atoms with Crippen molar-refractivity contribution >= 4 is 18.0 Å². The first-order valence-corrected chi connectivity index (χ1v) is 16.9. The number of benzene rings is 2. The van der Waals surface area contributed by atoms with Crippen molar-refractivity contribution in [3.8, 4) is 33.6 Å². The lowest BCUT2D eigenvalue weighted by Gasteiger charge is -2.30. The summed E-state index contributed by atoms with van der Waals surface area (Å²) in [4.78, 5) is 55.2. The molecule has 48 heavy (non-hydrogen) atoms. The molecule has 4 N–H and O–H groups in total. The standard InChI is InChI=1S/C37H42N6O5/c1-20(2)32(42-37(47)48-3)35(44)43-16-4-5-30(43)33-38-18-28(40-33)23-10-6-21(7-11-23)22-8-12-24(13-9-22)29-19-39-34(41-29)31-25-14-15-26(31)27(17-25)36(45)46/h6-13,18-20,25-27,30-32H,4-5,14-17H2,1-3H3,(H,38,40)(H,39,41)(H,42,47)(H,45,46)/t25-,26+,27+,30+,31?,32+/m1/s1. The molecule has 11 nitrogen and oxygen atoms in total. The number of H-pyrrole nitrogens is 2. The lowest BCUT2D eigenvalue weighted by Crippen LogP contribution is -2.51. The Morgan fingerprint density at radius 1 is 0.875 bits per heavy atom. The van der Waals surface area contributed by atoms with Gasteiger partial charge in [-0.2, -0.15) is 0 Å². The van der Waals surface area contributed by atoms with Gasteiger partial charge in [-0.25, -0.2) is 14.8 Å². The Morgan fingerprint density at radius 3 is 2.02 bits per heavy atom. The zero-order chi connectivity index (χ0) is 33.5. The Balaban J connectivity index is 1.02. The van der Waals surface area contributed by atoms with Crippen LogP contribution in [0.5, 0.6) is 0 Å². The molecule has 11 heteroatoms. The van der Waals surface area contributed by atoms with E-state index in [9.17, 15) is 19.5 Å². The van der Waals surface area contributed by atoms with Gasteiger partial charge in [-0.1, -0.05) is 62.4 Å². The molecule has 3 fully saturated rings. The molecule has 1 unspecified atom stereocenters. The molecule has 0 radical (unpaired) electrons. The van der Waals surface area contributed by atoms with Crippen LogP contribution < -0.4 is 5.32 Å². The number of nitrogens with one attached hydrogen (secondary N) is 3. The van der Waals surface area contributed by atoms with Crippen LogP contribution in [0.3, 0.4) is 0 Å². The minimum absolute atomic E-state index is 0.0926. The van der Waals surface area contributed by atoms with Gasteiger partial charge in [0.05, 0.1) is 42.9 Å². The summed E-state index contributed by atoms with van der Waals surface area (Å²) < 4.78 is 4.74. The summed E-state index contributed by atoms with van der Waals surface area (Å²) in [5.74, 6) is 1.28. The van der Waals surface area contributed by atoms with Crippen LogP contribution in [0.25, 0.3) is 33.6 Å². The van der Waals surface area contributed by atoms with E-state index in [-0.39, 0.29) is 35.6 Å². The maximum Gasteiger partial charge on any atom is 0.407 e. The summed E-state index contributed by atoms with van der Waals surface area (Å²) in [6.45, 7) is 4.41. The van der Waals surface area contributed by atoms with E-state index in [1.807, 2.05) is 31.1 Å². The first kappa shape index (κ1) is 31.7. The van der Waals surface area contributed by atoms with Gasteiger partial charge in [0.1, 0.15) is 17.7 Å². The smallest absolute Gasteiger partial charge is 0.407 e. The lowest BCUT2D eigenvalue weighted by molar-refractivity contribution is -0.143. The molecule has 2 bridgehead atoms. The van der Waals surface area contributed by atoms with Gasteiger partial charge in [-0.15, -0.1) is 0 Å². The van der Waals surface area contributed by atoms with E-state index in [0.29, 0.717) is 12.5 Å². The third-order valence-corrected chi connectivity index (χ3v) is 10.7. The Bertz CT molecular complexity index is 1790. The molecule has 2 aromatic heterocycles. The SMILES string of the molecule is COC(=O)N[C@H](C(=O)N1CCC[C@H]1c1ncc(-c2ccc(-c3ccc(-c4cnc(C5[C@@H]6CC[C@H]5[C@@H](C(=O)O)C6)[nH]4)cc3)cc2)[nH]1)C(C)C. The molecule has 2 aliphatic carbocycles. The second kappa shape index (κ2) is 12.9. The first-order valence-electron chi connectivity index (χ1n) is 16.9. The van der Waals surface area contributed by atoms with Crippen molar-refractivity contribution in [2.75, 3.05) is 13.7 Å². The van der Waals surface area contributed by atoms with Crippen molar-refractivity contribution in [3.63, 3.8) is 0 Å². The van der Waals surface area contributed by atoms with Gasteiger partial charge in [0.2, 0.25) is 5.91 Å². The number of hydrogen-bond acceptors (Lipinski definition) is 6. The number of aromatic amines is 2. The predicted molar refractivity (Wildman–Crippen MR) is 180 cm³/mol. The van der Waals surface area contributed by atoms with Crippen LogP contribution in [0.15, 0.2) is 60.9 Å². The number of methoxy groups -OCH3 is 1. The zero-order valence-electron chi connectivity index (χ0n) is 27.5. The number of ether oxygens (including phenoxy) is 1. The molecule has 2 amide bonds. The quantitative estimate of drug-likeness (QED) is 0.164. The number of carboxylic acid groups (broad SMARTS) is 1. The van der Waals surface area contributed by atoms with E-state index < -0.39 is 18.1 Å². The van der Waals surface area contributed by atoms with E-state index in [1.54, 1.807) is 0 Å². The summed E-state index contributed by atoms with van der Waals surface area (Å²) in [5, 5.41) is 12.3. The monoisotopic (exact) mass is 650 g/mol. The fourth-order valence-electron chi connectivity index (χ4n) is 8.22. The molecule has 2 saturated carbocycles. The zero-order valence-corrected chi connectivity index (χ0v) is 27.5. The molecule has 3 heterocycles. The first-order chi connectivity index (χ1) is 23.2. The molecular weight excluding hydrogens is 608 g/mol. The largest absolute Gasteiger partial charge is 0.481 e. The van der Waals surface area contributed by atoms with Crippen LogP contribution in [0.2, 0.25) is 0 Å². The molecular formula is C37H42N6O5. The topological polar surface area (TPSA) is 153 Å². The third-order valence-electron chi connectivity index (χ3n) is 10.7. The average Bonchev–Trinajstić information content (AvgIpc) is 3.94. The van der Waals surface area contributed by atoms with Gasteiger partial charge in [0.15, 0.2) is 0 Å². The Morgan fingerprint density at radius 2 is 1.46 bits per heavy atom. The van der Waals surface area contributed by atoms with Crippen molar-refractivity contribution in [2.24, 2.45) is 23.7 Å². The fourth-order valence-corrected chi connectivity index (χ4v) is 8.22. The molecule has 7 rings (SSSR count). The minimum atomic E-state index is -0.674. The average molecular weight is 651 g/mol. The summed E-state index contributed by atoms with van der Waals surface area (Å²) in [7, 11) is 1.29. The number of aliphatic carboxylic acids is 1. The van der Waals surface area contributed by atoms with Crippen molar-refractivity contribution in [1.82, 2.24) is 30.2 Å². The molecule has 250 valence electrons. The molecule has 6 atom stereocenters. The predicted octanol–water partition coefficient (Wildman–Crippen LogP) is 6.39. The van der Waals surface area contributed by atoms with Crippen LogP contribution >= 0.6 is 0 Å². The number of aromatic nitrogens is 4. The van der Waals surface area contributed by atoms with Gasteiger partial charge in [0, 0.05) is 12.5 Å². The van der Waals surface area contributed by atoms with Crippen LogP contribution in [0.4, 0.5) is 4.79 Å². The number of carbonyl (C=O) groups excluding carboxylic acids is 2. The second-order valence-corrected chi connectivity index (χ2v) is 13.8. The van der Waals surface area contributed by atoms with E-state index in [0.717, 1.165) is 77.4 Å². The van der Waals surface area contributed by atoms with Crippen LogP contribution in [0.1, 0.15) is 69.6 Å². The normalized spacial score (nSPS) is 23.8. The number of likely N-dealkylation sites (tertiary alicyclic amines) is 1. The summed E-state index contributed by atoms with van der Waals surface area (Å²) >= 11 is 0. The van der Waals surface area contributed by atoms with E-state index in [1.165, 1.54) is 7.11 Å². The highest BCUT2D eigenvalue weighted by Crippen LogP contribution is 2.57. The Kier molecular flexibility index (Phi) is 8.53. The molecule has 1 saturated heterocycles. The summed E-state index contributed by atoms with van der Waals surface area (Å²) in [6, 6.07) is 15.8. The Labute approximate surface area is 279 Å².